The summed E-state index contributed by atoms with van der Waals surface area (Å²) in [5.41, 5.74) is 19.2. The summed E-state index contributed by atoms with van der Waals surface area (Å²) < 4.78 is 0. The molecule has 0 bridgehead atoms. The highest BCUT2D eigenvalue weighted by Crippen LogP contribution is 2.14. The predicted molar refractivity (Wildman–Crippen MR) is 142 cm³/mol. The zero-order chi connectivity index (χ0) is 26.7. The van der Waals surface area contributed by atoms with Crippen molar-refractivity contribution in [2.24, 2.45) is 28.1 Å². The normalized spacial score (nSPS) is 13.4. The van der Waals surface area contributed by atoms with Crippen LogP contribution in [0.2, 0.25) is 0 Å². The van der Waals surface area contributed by atoms with Crippen molar-refractivity contribution in [2.45, 2.75) is 58.2 Å². The number of rotatable bonds is 13. The van der Waals surface area contributed by atoms with Gasteiger partial charge in [-0.25, -0.2) is 0 Å². The van der Waals surface area contributed by atoms with Gasteiger partial charge in [0.25, 0.3) is 0 Å². The largest absolute Gasteiger partial charge is 0.370 e. The number of ketones is 1. The van der Waals surface area contributed by atoms with E-state index in [9.17, 15) is 14.4 Å². The van der Waals surface area contributed by atoms with Gasteiger partial charge in [0.05, 0.1) is 12.1 Å². The van der Waals surface area contributed by atoms with Gasteiger partial charge in [0.1, 0.15) is 6.04 Å². The molecule has 9 heteroatoms. The van der Waals surface area contributed by atoms with Gasteiger partial charge in [0.2, 0.25) is 11.8 Å². The number of benzene rings is 2. The molecule has 0 aliphatic heterocycles. The number of amides is 2. The molecule has 0 radical (unpaired) electrons. The monoisotopic (exact) mass is 494 g/mol. The van der Waals surface area contributed by atoms with Crippen molar-refractivity contribution in [1.82, 2.24) is 10.6 Å². The molecule has 0 heterocycles. The average Bonchev–Trinajstić information content (AvgIpc) is 2.84. The second-order valence-electron chi connectivity index (χ2n) is 9.22. The van der Waals surface area contributed by atoms with Gasteiger partial charge >= 0.3 is 0 Å². The van der Waals surface area contributed by atoms with Crippen molar-refractivity contribution in [2.75, 3.05) is 6.54 Å². The van der Waals surface area contributed by atoms with E-state index in [1.165, 1.54) is 0 Å². The second kappa shape index (κ2) is 14.0. The van der Waals surface area contributed by atoms with Crippen LogP contribution >= 0.6 is 0 Å². The van der Waals surface area contributed by atoms with Gasteiger partial charge in [-0.2, -0.15) is 0 Å². The number of aryl methyl sites for hydroxylation is 1. The SMILES string of the molecule is Cc1ccccc1C(=O)C(CCCN=C(N)N)NC(=O)C(NC(=O)C(N)Cc1ccccc1)C(C)C. The molecule has 36 heavy (non-hydrogen) atoms. The molecule has 3 unspecified atom stereocenters. The lowest BCUT2D eigenvalue weighted by Gasteiger charge is -2.26. The molecule has 0 fully saturated rings. The standard InChI is InChI=1S/C27H38N6O3/c1-17(2)23(33-25(35)21(28)16-19-11-5-4-6-12-19)26(36)32-22(14-9-15-31-27(29)30)24(34)20-13-8-7-10-18(20)3/h4-8,10-13,17,21-23H,9,14-16,28H2,1-3H3,(H,32,36)(H,33,35)(H4,29,30,31). The summed E-state index contributed by atoms with van der Waals surface area (Å²) in [6.45, 7) is 5.82. The summed E-state index contributed by atoms with van der Waals surface area (Å²) in [7, 11) is 0. The maximum atomic E-state index is 13.3. The van der Waals surface area contributed by atoms with E-state index < -0.39 is 29.9 Å². The van der Waals surface area contributed by atoms with Crippen LogP contribution < -0.4 is 27.8 Å². The van der Waals surface area contributed by atoms with E-state index in [1.54, 1.807) is 12.1 Å². The summed E-state index contributed by atoms with van der Waals surface area (Å²) >= 11 is 0. The summed E-state index contributed by atoms with van der Waals surface area (Å²) in [4.78, 5) is 43.4. The Kier molecular flexibility index (Phi) is 11.1. The number of carbonyl (C=O) groups is 3. The molecule has 2 aromatic rings. The zero-order valence-electron chi connectivity index (χ0n) is 21.2. The molecule has 0 saturated heterocycles. The third kappa shape index (κ3) is 8.81. The molecule has 9 nitrogen and oxygen atoms in total. The topological polar surface area (TPSA) is 166 Å². The Morgan fingerprint density at radius 1 is 0.917 bits per heavy atom. The van der Waals surface area contributed by atoms with E-state index in [1.807, 2.05) is 63.2 Å². The van der Waals surface area contributed by atoms with Crippen LogP contribution in [0.1, 0.15) is 48.2 Å². The van der Waals surface area contributed by atoms with Crippen LogP contribution in [0, 0.1) is 12.8 Å². The summed E-state index contributed by atoms with van der Waals surface area (Å²) in [6.07, 6.45) is 1.17. The van der Waals surface area contributed by atoms with Crippen molar-refractivity contribution in [3.63, 3.8) is 0 Å². The molecule has 0 saturated carbocycles. The summed E-state index contributed by atoms with van der Waals surface area (Å²) in [5.74, 6) is -1.34. The van der Waals surface area contributed by atoms with Crippen molar-refractivity contribution in [3.05, 3.63) is 71.3 Å². The van der Waals surface area contributed by atoms with Crippen LogP contribution in [-0.4, -0.2) is 48.2 Å². The van der Waals surface area contributed by atoms with Crippen molar-refractivity contribution in [3.8, 4) is 0 Å². The molecule has 2 amide bonds. The first-order valence-electron chi connectivity index (χ1n) is 12.2. The third-order valence-electron chi connectivity index (χ3n) is 5.87. The van der Waals surface area contributed by atoms with E-state index >= 15 is 0 Å². The van der Waals surface area contributed by atoms with Gasteiger partial charge in [-0.15, -0.1) is 0 Å². The molecule has 194 valence electrons. The maximum Gasteiger partial charge on any atom is 0.243 e. The minimum atomic E-state index is -0.857. The fourth-order valence-corrected chi connectivity index (χ4v) is 3.83. The van der Waals surface area contributed by atoms with E-state index in [0.29, 0.717) is 31.4 Å². The Labute approximate surface area is 212 Å². The van der Waals surface area contributed by atoms with Crippen LogP contribution in [0.4, 0.5) is 0 Å². The first kappa shape index (κ1) is 28.5. The van der Waals surface area contributed by atoms with Crippen molar-refractivity contribution >= 4 is 23.6 Å². The minimum Gasteiger partial charge on any atom is -0.370 e. The lowest BCUT2D eigenvalue weighted by molar-refractivity contribution is -0.130. The number of nitrogens with zero attached hydrogens (tertiary/aromatic N) is 1. The highest BCUT2D eigenvalue weighted by Gasteiger charge is 2.30. The van der Waals surface area contributed by atoms with E-state index in [4.69, 9.17) is 17.2 Å². The second-order valence-corrected chi connectivity index (χ2v) is 9.22. The number of nitrogens with two attached hydrogens (primary N) is 3. The Balaban J connectivity index is 2.14. The van der Waals surface area contributed by atoms with Crippen LogP contribution in [0.25, 0.3) is 0 Å². The number of Topliss-reactive ketones (excluding diaryl/α,β-unsaturated/α-hetero) is 1. The van der Waals surface area contributed by atoms with Gasteiger partial charge in [0, 0.05) is 12.1 Å². The molecular formula is C27H38N6O3. The molecule has 0 aromatic heterocycles. The molecule has 0 aliphatic carbocycles. The van der Waals surface area contributed by atoms with Crippen molar-refractivity contribution in [1.29, 1.82) is 0 Å². The van der Waals surface area contributed by atoms with Crippen LogP contribution in [0.5, 0.6) is 0 Å². The summed E-state index contributed by atoms with van der Waals surface area (Å²) in [5, 5.41) is 5.62. The quantitative estimate of drug-likeness (QED) is 0.122. The Bertz CT molecular complexity index is 1050. The fourth-order valence-electron chi connectivity index (χ4n) is 3.83. The fraction of sp³-hybridized carbons (Fsp3) is 0.407. The van der Waals surface area contributed by atoms with Gasteiger partial charge in [-0.05, 0) is 43.2 Å². The van der Waals surface area contributed by atoms with Crippen LogP contribution in [0.15, 0.2) is 59.6 Å². The van der Waals surface area contributed by atoms with E-state index in [2.05, 4.69) is 15.6 Å². The number of aliphatic imine (C=N–C) groups is 1. The van der Waals surface area contributed by atoms with Gasteiger partial charge in [-0.3, -0.25) is 19.4 Å². The number of hydrogen-bond donors (Lipinski definition) is 5. The zero-order valence-corrected chi connectivity index (χ0v) is 21.2. The number of guanidine groups is 1. The lowest BCUT2D eigenvalue weighted by Crippen LogP contribution is -2.56. The van der Waals surface area contributed by atoms with Gasteiger partial charge in [0.15, 0.2) is 11.7 Å². The van der Waals surface area contributed by atoms with Gasteiger partial charge < -0.3 is 27.8 Å². The number of carbonyl (C=O) groups excluding carboxylic acids is 3. The lowest BCUT2D eigenvalue weighted by atomic mass is 9.95. The molecule has 8 N–H and O–H groups in total. The third-order valence-corrected chi connectivity index (χ3v) is 5.87. The maximum absolute atomic E-state index is 13.3. The first-order valence-corrected chi connectivity index (χ1v) is 12.2. The predicted octanol–water partition coefficient (Wildman–Crippen LogP) is 1.43. The molecule has 0 spiro atoms. The Hall–Kier alpha value is -3.72. The van der Waals surface area contributed by atoms with Gasteiger partial charge in [-0.1, -0.05) is 68.4 Å². The Morgan fingerprint density at radius 3 is 2.17 bits per heavy atom. The Morgan fingerprint density at radius 2 is 1.56 bits per heavy atom. The van der Waals surface area contributed by atoms with Crippen LogP contribution in [0.3, 0.4) is 0 Å². The molecule has 3 atom stereocenters. The smallest absolute Gasteiger partial charge is 0.243 e. The summed E-state index contributed by atoms with van der Waals surface area (Å²) in [6, 6.07) is 14.2. The highest BCUT2D eigenvalue weighted by atomic mass is 16.2. The molecule has 2 aromatic carbocycles. The van der Waals surface area contributed by atoms with Crippen LogP contribution in [-0.2, 0) is 16.0 Å². The average molecular weight is 495 g/mol. The van der Waals surface area contributed by atoms with E-state index in [-0.39, 0.29) is 17.7 Å². The highest BCUT2D eigenvalue weighted by molar-refractivity contribution is 6.03. The number of hydrogen-bond acceptors (Lipinski definition) is 5. The first-order chi connectivity index (χ1) is 17.1. The molecular weight excluding hydrogens is 456 g/mol. The van der Waals surface area contributed by atoms with Crippen molar-refractivity contribution < 1.29 is 14.4 Å². The molecule has 0 aliphatic rings. The van der Waals surface area contributed by atoms with E-state index in [0.717, 1.165) is 11.1 Å². The number of nitrogens with one attached hydrogen (secondary N) is 2. The minimum absolute atomic E-state index is 0.0322. The molecule has 2 rings (SSSR count).